The van der Waals surface area contributed by atoms with Gasteiger partial charge in [0.1, 0.15) is 0 Å². The molecule has 0 bridgehead atoms. The van der Waals surface area contributed by atoms with Crippen LogP contribution in [0, 0.1) is 5.92 Å². The van der Waals surface area contributed by atoms with E-state index in [1.165, 1.54) is 12.1 Å². The van der Waals surface area contributed by atoms with E-state index in [0.29, 0.717) is 17.3 Å². The standard InChI is InChI=1S/C15H18BrF3O/c1-3-5-10(6-4-2)14(20)12-8-7-11(16)9-13(12)15(17,18)19/h7-10H,3-6H2,1-2H3. The van der Waals surface area contributed by atoms with E-state index in [-0.39, 0.29) is 11.5 Å². The lowest BCUT2D eigenvalue weighted by Gasteiger charge is -2.18. The average Bonchev–Trinajstić information content (AvgIpc) is 2.36. The van der Waals surface area contributed by atoms with Crippen molar-refractivity contribution in [2.45, 2.75) is 45.7 Å². The fourth-order valence-corrected chi connectivity index (χ4v) is 2.65. The molecule has 0 saturated carbocycles. The summed E-state index contributed by atoms with van der Waals surface area (Å²) in [6.07, 6.45) is -1.69. The summed E-state index contributed by atoms with van der Waals surface area (Å²) >= 11 is 3.03. The number of benzene rings is 1. The van der Waals surface area contributed by atoms with Gasteiger partial charge in [-0.1, -0.05) is 42.6 Å². The molecular formula is C15H18BrF3O. The van der Waals surface area contributed by atoms with Crippen LogP contribution in [0.2, 0.25) is 0 Å². The molecular weight excluding hydrogens is 333 g/mol. The first-order valence-corrected chi connectivity index (χ1v) is 7.51. The highest BCUT2D eigenvalue weighted by Gasteiger charge is 2.36. The summed E-state index contributed by atoms with van der Waals surface area (Å²) in [6, 6.07) is 3.73. The van der Waals surface area contributed by atoms with Gasteiger partial charge in [0.2, 0.25) is 0 Å². The van der Waals surface area contributed by atoms with Crippen molar-refractivity contribution in [2.75, 3.05) is 0 Å². The topological polar surface area (TPSA) is 17.1 Å². The highest BCUT2D eigenvalue weighted by molar-refractivity contribution is 9.10. The molecule has 0 fully saturated rings. The second-order valence-electron chi connectivity index (χ2n) is 4.83. The van der Waals surface area contributed by atoms with E-state index in [4.69, 9.17) is 0 Å². The van der Waals surface area contributed by atoms with Crippen LogP contribution in [-0.2, 0) is 6.18 Å². The van der Waals surface area contributed by atoms with Crippen molar-refractivity contribution in [1.29, 1.82) is 0 Å². The van der Waals surface area contributed by atoms with Crippen molar-refractivity contribution in [2.24, 2.45) is 5.92 Å². The molecule has 0 saturated heterocycles. The van der Waals surface area contributed by atoms with Gasteiger partial charge < -0.3 is 0 Å². The Morgan fingerprint density at radius 3 is 2.20 bits per heavy atom. The summed E-state index contributed by atoms with van der Waals surface area (Å²) < 4.78 is 39.5. The third-order valence-corrected chi connectivity index (χ3v) is 3.69. The molecule has 0 atom stereocenters. The fourth-order valence-electron chi connectivity index (χ4n) is 2.29. The predicted octanol–water partition coefficient (Wildman–Crippen LogP) is 5.87. The number of Topliss-reactive ketones (excluding diaryl/α,β-unsaturated/α-hetero) is 1. The minimum absolute atomic E-state index is 0.215. The van der Waals surface area contributed by atoms with Crippen LogP contribution in [0.25, 0.3) is 0 Å². The van der Waals surface area contributed by atoms with Gasteiger partial charge in [-0.05, 0) is 31.0 Å². The lowest BCUT2D eigenvalue weighted by Crippen LogP contribution is -2.20. The first-order chi connectivity index (χ1) is 9.31. The highest BCUT2D eigenvalue weighted by atomic mass is 79.9. The number of carbonyl (C=O) groups excluding carboxylic acids is 1. The number of hydrogen-bond acceptors (Lipinski definition) is 1. The third-order valence-electron chi connectivity index (χ3n) is 3.20. The maximum Gasteiger partial charge on any atom is 0.417 e. The van der Waals surface area contributed by atoms with Gasteiger partial charge >= 0.3 is 6.18 Å². The van der Waals surface area contributed by atoms with Crippen LogP contribution < -0.4 is 0 Å². The van der Waals surface area contributed by atoms with Crippen molar-refractivity contribution in [3.8, 4) is 0 Å². The number of ketones is 1. The van der Waals surface area contributed by atoms with E-state index >= 15 is 0 Å². The molecule has 0 amide bonds. The second-order valence-corrected chi connectivity index (χ2v) is 5.74. The highest BCUT2D eigenvalue weighted by Crippen LogP contribution is 2.35. The third kappa shape index (κ3) is 4.33. The Hall–Kier alpha value is -0.840. The summed E-state index contributed by atoms with van der Waals surface area (Å²) in [5.41, 5.74) is -1.07. The molecule has 0 aliphatic carbocycles. The summed E-state index contributed by atoms with van der Waals surface area (Å²) in [4.78, 5) is 12.4. The first kappa shape index (κ1) is 17.2. The molecule has 0 radical (unpaired) electrons. The summed E-state index contributed by atoms with van der Waals surface area (Å²) in [5, 5.41) is 0. The first-order valence-electron chi connectivity index (χ1n) is 6.72. The Morgan fingerprint density at radius 2 is 1.75 bits per heavy atom. The van der Waals surface area contributed by atoms with Crippen LogP contribution in [-0.4, -0.2) is 5.78 Å². The van der Waals surface area contributed by atoms with Crippen LogP contribution in [0.15, 0.2) is 22.7 Å². The molecule has 0 N–H and O–H groups in total. The maximum absolute atomic E-state index is 13.1. The molecule has 1 nitrogen and oxygen atoms in total. The van der Waals surface area contributed by atoms with Crippen LogP contribution in [0.5, 0.6) is 0 Å². The van der Waals surface area contributed by atoms with Crippen molar-refractivity contribution in [1.82, 2.24) is 0 Å². The normalized spacial score (nSPS) is 11.9. The zero-order valence-electron chi connectivity index (χ0n) is 11.6. The maximum atomic E-state index is 13.1. The average molecular weight is 351 g/mol. The van der Waals surface area contributed by atoms with Gasteiger partial charge in [0.05, 0.1) is 5.56 Å². The van der Waals surface area contributed by atoms with Crippen molar-refractivity contribution in [3.63, 3.8) is 0 Å². The summed E-state index contributed by atoms with van der Waals surface area (Å²) in [6.45, 7) is 3.87. The summed E-state index contributed by atoms with van der Waals surface area (Å²) in [7, 11) is 0. The Bertz CT molecular complexity index is 463. The van der Waals surface area contributed by atoms with Crippen LogP contribution in [0.1, 0.15) is 55.5 Å². The quantitative estimate of drug-likeness (QED) is 0.586. The minimum atomic E-state index is -4.52. The van der Waals surface area contributed by atoms with Gasteiger partial charge in [0, 0.05) is 16.0 Å². The molecule has 1 aromatic carbocycles. The van der Waals surface area contributed by atoms with Crippen molar-refractivity contribution in [3.05, 3.63) is 33.8 Å². The van der Waals surface area contributed by atoms with Gasteiger partial charge in [-0.3, -0.25) is 4.79 Å². The Balaban J connectivity index is 3.20. The number of alkyl halides is 3. The van der Waals surface area contributed by atoms with Crippen molar-refractivity contribution >= 4 is 21.7 Å². The monoisotopic (exact) mass is 350 g/mol. The largest absolute Gasteiger partial charge is 0.417 e. The molecule has 20 heavy (non-hydrogen) atoms. The van der Waals surface area contributed by atoms with E-state index in [1.807, 2.05) is 13.8 Å². The van der Waals surface area contributed by atoms with E-state index < -0.39 is 17.5 Å². The van der Waals surface area contributed by atoms with Crippen LogP contribution in [0.4, 0.5) is 13.2 Å². The lowest BCUT2D eigenvalue weighted by molar-refractivity contribution is -0.138. The zero-order chi connectivity index (χ0) is 15.3. The molecule has 0 heterocycles. The van der Waals surface area contributed by atoms with E-state index in [2.05, 4.69) is 15.9 Å². The van der Waals surface area contributed by atoms with E-state index in [9.17, 15) is 18.0 Å². The summed E-state index contributed by atoms with van der Waals surface area (Å²) in [5.74, 6) is -0.721. The van der Waals surface area contributed by atoms with Gasteiger partial charge in [0.25, 0.3) is 0 Å². The Morgan fingerprint density at radius 1 is 1.20 bits per heavy atom. The SMILES string of the molecule is CCCC(CCC)C(=O)c1ccc(Br)cc1C(F)(F)F. The second kappa shape index (κ2) is 7.25. The molecule has 0 aliphatic rings. The van der Waals surface area contributed by atoms with Crippen molar-refractivity contribution < 1.29 is 18.0 Å². The Kier molecular flexibility index (Phi) is 6.24. The molecule has 0 aromatic heterocycles. The molecule has 0 unspecified atom stereocenters. The molecule has 5 heteroatoms. The predicted molar refractivity (Wildman–Crippen MR) is 76.8 cm³/mol. The molecule has 1 aromatic rings. The van der Waals surface area contributed by atoms with E-state index in [1.54, 1.807) is 0 Å². The van der Waals surface area contributed by atoms with Gasteiger partial charge in [-0.2, -0.15) is 13.2 Å². The van der Waals surface area contributed by atoms with Crippen LogP contribution in [0.3, 0.4) is 0 Å². The zero-order valence-corrected chi connectivity index (χ0v) is 13.1. The number of halogens is 4. The number of rotatable bonds is 6. The lowest BCUT2D eigenvalue weighted by atomic mass is 9.88. The molecule has 0 aliphatic heterocycles. The number of carbonyl (C=O) groups is 1. The molecule has 112 valence electrons. The Labute approximate surface area is 125 Å². The number of hydrogen-bond donors (Lipinski definition) is 0. The van der Waals surface area contributed by atoms with Gasteiger partial charge in [-0.25, -0.2) is 0 Å². The van der Waals surface area contributed by atoms with E-state index in [0.717, 1.165) is 18.9 Å². The minimum Gasteiger partial charge on any atom is -0.294 e. The fraction of sp³-hybridized carbons (Fsp3) is 0.533. The molecule has 0 spiro atoms. The smallest absolute Gasteiger partial charge is 0.294 e. The van der Waals surface area contributed by atoms with Gasteiger partial charge in [-0.15, -0.1) is 0 Å². The van der Waals surface area contributed by atoms with Gasteiger partial charge in [0.15, 0.2) is 5.78 Å². The van der Waals surface area contributed by atoms with Crippen LogP contribution >= 0.6 is 15.9 Å². The molecule has 1 rings (SSSR count).